The average molecular weight is 330 g/mol. The molecule has 0 aliphatic carbocycles. The van der Waals surface area contributed by atoms with Gasteiger partial charge in [0, 0.05) is 17.5 Å². The summed E-state index contributed by atoms with van der Waals surface area (Å²) in [6, 6.07) is 4.71. The minimum Gasteiger partial charge on any atom is -0.332 e. The van der Waals surface area contributed by atoms with E-state index < -0.39 is 0 Å². The second kappa shape index (κ2) is 6.54. The molecule has 1 amide bonds. The molecule has 0 saturated carbocycles. The van der Waals surface area contributed by atoms with Crippen LogP contribution in [0, 0.1) is 26.7 Å². The maximum Gasteiger partial charge on any atom is 0.223 e. The van der Waals surface area contributed by atoms with Gasteiger partial charge in [-0.1, -0.05) is 19.1 Å². The third kappa shape index (κ3) is 3.68. The second-order valence-corrected chi connectivity index (χ2v) is 9.04. The molecule has 1 saturated heterocycles. The molecule has 134 valence electrons. The Morgan fingerprint density at radius 3 is 1.92 bits per heavy atom. The van der Waals surface area contributed by atoms with Gasteiger partial charge in [-0.15, -0.1) is 0 Å². The summed E-state index contributed by atoms with van der Waals surface area (Å²) in [6.45, 7) is 17.5. The van der Waals surface area contributed by atoms with E-state index in [4.69, 9.17) is 0 Å². The third-order valence-electron chi connectivity index (χ3n) is 5.85. The Hall–Kier alpha value is -1.31. The first-order chi connectivity index (χ1) is 11.0. The van der Waals surface area contributed by atoms with Gasteiger partial charge in [0.05, 0.1) is 0 Å². The fourth-order valence-electron chi connectivity index (χ4n) is 5.04. The van der Waals surface area contributed by atoms with Gasteiger partial charge in [-0.2, -0.15) is 0 Å². The van der Waals surface area contributed by atoms with Gasteiger partial charge in [0.2, 0.25) is 5.91 Å². The lowest BCUT2D eigenvalue weighted by molar-refractivity contribution is -0.151. The van der Waals surface area contributed by atoms with Crippen molar-refractivity contribution >= 4 is 5.91 Å². The molecule has 0 atom stereocenters. The van der Waals surface area contributed by atoms with E-state index in [9.17, 15) is 4.79 Å². The summed E-state index contributed by atoms with van der Waals surface area (Å²) >= 11 is 0. The highest BCUT2D eigenvalue weighted by Gasteiger charge is 2.46. The van der Waals surface area contributed by atoms with Crippen LogP contribution in [0.5, 0.6) is 0 Å². The number of benzene rings is 1. The standard InChI is InChI=1S/C22H35NO/c1-9-20(24)23-21(5,6)13-19(14-22(23,7)8)12-18-10-15(2)17(4)16(3)11-18/h10-11,19H,9,12-14H2,1-8H3. The molecule has 1 fully saturated rings. The Morgan fingerprint density at radius 2 is 1.50 bits per heavy atom. The van der Waals surface area contributed by atoms with Crippen LogP contribution in [0.25, 0.3) is 0 Å². The van der Waals surface area contributed by atoms with E-state index in [1.165, 1.54) is 22.3 Å². The molecule has 0 bridgehead atoms. The zero-order chi connectivity index (χ0) is 18.3. The predicted molar refractivity (Wildman–Crippen MR) is 102 cm³/mol. The van der Waals surface area contributed by atoms with Crippen LogP contribution >= 0.6 is 0 Å². The van der Waals surface area contributed by atoms with Crippen molar-refractivity contribution in [2.45, 2.75) is 92.2 Å². The predicted octanol–water partition coefficient (Wildman–Crippen LogP) is 5.36. The summed E-state index contributed by atoms with van der Waals surface area (Å²) in [5.41, 5.74) is 5.48. The maximum atomic E-state index is 12.5. The van der Waals surface area contributed by atoms with Gasteiger partial charge >= 0.3 is 0 Å². The van der Waals surface area contributed by atoms with Crippen molar-refractivity contribution in [3.05, 3.63) is 34.4 Å². The highest BCUT2D eigenvalue weighted by molar-refractivity contribution is 5.77. The summed E-state index contributed by atoms with van der Waals surface area (Å²) in [5.74, 6) is 0.905. The fourth-order valence-corrected chi connectivity index (χ4v) is 5.04. The zero-order valence-electron chi connectivity index (χ0n) is 16.9. The number of piperidine rings is 1. The number of aryl methyl sites for hydroxylation is 2. The van der Waals surface area contributed by atoms with Crippen LogP contribution in [0.4, 0.5) is 0 Å². The van der Waals surface area contributed by atoms with Gasteiger partial charge in [0.1, 0.15) is 0 Å². The zero-order valence-corrected chi connectivity index (χ0v) is 16.9. The van der Waals surface area contributed by atoms with Crippen molar-refractivity contribution in [2.24, 2.45) is 5.92 Å². The molecule has 0 aromatic heterocycles. The number of carbonyl (C=O) groups is 1. The van der Waals surface area contributed by atoms with Crippen LogP contribution < -0.4 is 0 Å². The molecule has 24 heavy (non-hydrogen) atoms. The van der Waals surface area contributed by atoms with Crippen molar-refractivity contribution < 1.29 is 4.79 Å². The number of hydrogen-bond donors (Lipinski definition) is 0. The summed E-state index contributed by atoms with van der Waals surface area (Å²) in [5, 5.41) is 0. The van der Waals surface area contributed by atoms with Gasteiger partial charge in [-0.25, -0.2) is 0 Å². The minimum atomic E-state index is -0.0751. The van der Waals surface area contributed by atoms with E-state index in [0.29, 0.717) is 12.3 Å². The Kier molecular flexibility index (Phi) is 5.18. The number of carbonyl (C=O) groups excluding carboxylic acids is 1. The number of rotatable bonds is 3. The summed E-state index contributed by atoms with van der Waals surface area (Å²) < 4.78 is 0. The van der Waals surface area contributed by atoms with E-state index >= 15 is 0 Å². The molecule has 1 aromatic carbocycles. The maximum absolute atomic E-state index is 12.5. The molecule has 1 aliphatic heterocycles. The number of likely N-dealkylation sites (tertiary alicyclic amines) is 1. The highest BCUT2D eigenvalue weighted by atomic mass is 16.2. The summed E-state index contributed by atoms with van der Waals surface area (Å²) in [4.78, 5) is 14.7. The van der Waals surface area contributed by atoms with Crippen LogP contribution in [-0.2, 0) is 11.2 Å². The van der Waals surface area contributed by atoms with Crippen molar-refractivity contribution in [1.29, 1.82) is 0 Å². The van der Waals surface area contributed by atoms with Gasteiger partial charge in [-0.3, -0.25) is 4.79 Å². The molecule has 1 heterocycles. The fraction of sp³-hybridized carbons (Fsp3) is 0.682. The van der Waals surface area contributed by atoms with E-state index in [0.717, 1.165) is 19.3 Å². The molecule has 1 aliphatic rings. The lowest BCUT2D eigenvalue weighted by Gasteiger charge is -2.55. The molecule has 2 heteroatoms. The van der Waals surface area contributed by atoms with Crippen molar-refractivity contribution in [3.8, 4) is 0 Å². The van der Waals surface area contributed by atoms with Crippen LogP contribution in [0.15, 0.2) is 12.1 Å². The van der Waals surface area contributed by atoms with Gasteiger partial charge < -0.3 is 4.90 Å². The number of hydrogen-bond acceptors (Lipinski definition) is 1. The second-order valence-electron chi connectivity index (χ2n) is 9.04. The molecule has 1 aromatic rings. The van der Waals surface area contributed by atoms with Crippen LogP contribution in [-0.4, -0.2) is 21.9 Å². The highest BCUT2D eigenvalue weighted by Crippen LogP contribution is 2.43. The largest absolute Gasteiger partial charge is 0.332 e. The lowest BCUT2D eigenvalue weighted by atomic mass is 9.71. The van der Waals surface area contributed by atoms with Crippen molar-refractivity contribution in [2.75, 3.05) is 0 Å². The Balaban J connectivity index is 2.25. The Morgan fingerprint density at radius 1 is 1.04 bits per heavy atom. The first-order valence-corrected chi connectivity index (χ1v) is 9.38. The lowest BCUT2D eigenvalue weighted by Crippen LogP contribution is -2.62. The SMILES string of the molecule is CCC(=O)N1C(C)(C)CC(Cc2cc(C)c(C)c(C)c2)CC1(C)C. The normalized spacial score (nSPS) is 20.2. The van der Waals surface area contributed by atoms with Crippen LogP contribution in [0.3, 0.4) is 0 Å². The quantitative estimate of drug-likeness (QED) is 0.731. The summed E-state index contributed by atoms with van der Waals surface area (Å²) in [7, 11) is 0. The number of amides is 1. The third-order valence-corrected chi connectivity index (χ3v) is 5.85. The molecular formula is C22H35NO. The molecule has 0 radical (unpaired) electrons. The summed E-state index contributed by atoms with van der Waals surface area (Å²) in [6.07, 6.45) is 3.86. The smallest absolute Gasteiger partial charge is 0.223 e. The van der Waals surface area contributed by atoms with Crippen LogP contribution in [0.1, 0.15) is 76.1 Å². The van der Waals surface area contributed by atoms with E-state index in [2.05, 4.69) is 65.5 Å². The molecule has 2 rings (SSSR count). The van der Waals surface area contributed by atoms with E-state index in [1.54, 1.807) is 0 Å². The topological polar surface area (TPSA) is 20.3 Å². The first kappa shape index (κ1) is 19.0. The van der Waals surface area contributed by atoms with Gasteiger partial charge in [-0.05, 0) is 95.9 Å². The van der Waals surface area contributed by atoms with Gasteiger partial charge in [0.25, 0.3) is 0 Å². The minimum absolute atomic E-state index is 0.0751. The number of nitrogens with zero attached hydrogens (tertiary/aromatic N) is 1. The van der Waals surface area contributed by atoms with Crippen LogP contribution in [0.2, 0.25) is 0 Å². The average Bonchev–Trinajstić information content (AvgIpc) is 2.41. The van der Waals surface area contributed by atoms with Gasteiger partial charge in [0.15, 0.2) is 0 Å². The van der Waals surface area contributed by atoms with Crippen molar-refractivity contribution in [1.82, 2.24) is 4.90 Å². The monoisotopic (exact) mass is 329 g/mol. The van der Waals surface area contributed by atoms with E-state index in [1.807, 2.05) is 6.92 Å². The molecule has 2 nitrogen and oxygen atoms in total. The molecule has 0 unspecified atom stereocenters. The first-order valence-electron chi connectivity index (χ1n) is 9.38. The molecule has 0 spiro atoms. The molecular weight excluding hydrogens is 294 g/mol. The van der Waals surface area contributed by atoms with E-state index in [-0.39, 0.29) is 17.0 Å². The van der Waals surface area contributed by atoms with Crippen molar-refractivity contribution in [3.63, 3.8) is 0 Å². The Bertz CT molecular complexity index is 586. The Labute approximate surface area is 148 Å². The molecule has 0 N–H and O–H groups in total.